The van der Waals surface area contributed by atoms with Gasteiger partial charge in [-0.2, -0.15) is 0 Å². The molecular weight excluding hydrogens is 168 g/mol. The van der Waals surface area contributed by atoms with E-state index in [2.05, 4.69) is 6.92 Å². The SMILES string of the molecule is CCCCC1CC1(C(C)=O)C(=O)O. The van der Waals surface area contributed by atoms with Gasteiger partial charge in [0.15, 0.2) is 0 Å². The molecule has 1 saturated carbocycles. The first-order valence-corrected chi connectivity index (χ1v) is 4.80. The minimum absolute atomic E-state index is 0.0995. The smallest absolute Gasteiger partial charge is 0.317 e. The van der Waals surface area contributed by atoms with Gasteiger partial charge in [0.2, 0.25) is 0 Å². The molecular formula is C10H16O3. The van der Waals surface area contributed by atoms with Crippen LogP contribution < -0.4 is 0 Å². The number of rotatable bonds is 5. The summed E-state index contributed by atoms with van der Waals surface area (Å²) in [6.07, 6.45) is 3.51. The van der Waals surface area contributed by atoms with E-state index >= 15 is 0 Å². The molecule has 1 fully saturated rings. The summed E-state index contributed by atoms with van der Waals surface area (Å²) < 4.78 is 0. The lowest BCUT2D eigenvalue weighted by molar-refractivity contribution is -0.148. The van der Waals surface area contributed by atoms with Crippen molar-refractivity contribution < 1.29 is 14.7 Å². The van der Waals surface area contributed by atoms with Crippen LogP contribution in [0, 0.1) is 11.3 Å². The van der Waals surface area contributed by atoms with Crippen LogP contribution in [-0.4, -0.2) is 16.9 Å². The van der Waals surface area contributed by atoms with Gasteiger partial charge in [-0.3, -0.25) is 9.59 Å². The van der Waals surface area contributed by atoms with Crippen molar-refractivity contribution in [3.8, 4) is 0 Å². The second-order valence-electron chi connectivity index (χ2n) is 3.88. The number of ketones is 1. The van der Waals surface area contributed by atoms with Crippen LogP contribution in [0.25, 0.3) is 0 Å². The van der Waals surface area contributed by atoms with Gasteiger partial charge in [0, 0.05) is 0 Å². The number of carboxylic acid groups (broad SMARTS) is 1. The fraction of sp³-hybridized carbons (Fsp3) is 0.800. The van der Waals surface area contributed by atoms with Crippen molar-refractivity contribution in [2.75, 3.05) is 0 Å². The molecule has 0 bridgehead atoms. The number of aliphatic carboxylic acids is 1. The molecule has 0 amide bonds. The first-order valence-electron chi connectivity index (χ1n) is 4.80. The van der Waals surface area contributed by atoms with E-state index in [0.717, 1.165) is 19.3 Å². The maximum atomic E-state index is 11.2. The minimum atomic E-state index is -1.00. The van der Waals surface area contributed by atoms with E-state index in [1.807, 2.05) is 0 Å². The Hall–Kier alpha value is -0.860. The molecule has 1 aliphatic rings. The number of unbranched alkanes of at least 4 members (excludes halogenated alkanes) is 1. The molecule has 0 radical (unpaired) electrons. The Labute approximate surface area is 78.1 Å². The Morgan fingerprint density at radius 3 is 2.46 bits per heavy atom. The van der Waals surface area contributed by atoms with Crippen LogP contribution in [-0.2, 0) is 9.59 Å². The van der Waals surface area contributed by atoms with Gasteiger partial charge in [0.05, 0.1) is 0 Å². The van der Waals surface area contributed by atoms with Crippen molar-refractivity contribution in [2.24, 2.45) is 11.3 Å². The Bertz CT molecular complexity index is 218. The molecule has 0 spiro atoms. The molecule has 2 atom stereocenters. The Kier molecular flexibility index (Phi) is 2.74. The van der Waals surface area contributed by atoms with Gasteiger partial charge in [-0.05, 0) is 25.7 Å². The van der Waals surface area contributed by atoms with Crippen molar-refractivity contribution in [1.82, 2.24) is 0 Å². The van der Waals surface area contributed by atoms with E-state index < -0.39 is 11.4 Å². The van der Waals surface area contributed by atoms with E-state index in [0.29, 0.717) is 6.42 Å². The molecule has 0 aromatic carbocycles. The maximum Gasteiger partial charge on any atom is 0.317 e. The highest BCUT2D eigenvalue weighted by molar-refractivity contribution is 6.05. The molecule has 13 heavy (non-hydrogen) atoms. The molecule has 1 N–H and O–H groups in total. The van der Waals surface area contributed by atoms with Crippen LogP contribution in [0.2, 0.25) is 0 Å². The van der Waals surface area contributed by atoms with Crippen LogP contribution >= 0.6 is 0 Å². The van der Waals surface area contributed by atoms with Crippen LogP contribution in [0.3, 0.4) is 0 Å². The highest BCUT2D eigenvalue weighted by Gasteiger charge is 2.63. The summed E-state index contributed by atoms with van der Waals surface area (Å²) in [4.78, 5) is 22.0. The number of hydrogen-bond acceptors (Lipinski definition) is 2. The first-order chi connectivity index (χ1) is 6.05. The van der Waals surface area contributed by atoms with Gasteiger partial charge in [0.25, 0.3) is 0 Å². The first kappa shape index (κ1) is 10.2. The number of Topliss-reactive ketones (excluding diaryl/α,β-unsaturated/α-hetero) is 1. The summed E-state index contributed by atoms with van der Waals surface area (Å²) in [7, 11) is 0. The zero-order valence-electron chi connectivity index (χ0n) is 8.17. The molecule has 1 aliphatic carbocycles. The average molecular weight is 184 g/mol. The molecule has 2 unspecified atom stereocenters. The average Bonchev–Trinajstić information content (AvgIpc) is 2.76. The summed E-state index contributed by atoms with van der Waals surface area (Å²) in [5.41, 5.74) is -1.00. The monoisotopic (exact) mass is 184 g/mol. The quantitative estimate of drug-likeness (QED) is 0.663. The van der Waals surface area contributed by atoms with E-state index in [4.69, 9.17) is 5.11 Å². The van der Waals surface area contributed by atoms with Crippen LogP contribution in [0.5, 0.6) is 0 Å². The van der Waals surface area contributed by atoms with Gasteiger partial charge in [-0.1, -0.05) is 19.8 Å². The van der Waals surface area contributed by atoms with Crippen LogP contribution in [0.1, 0.15) is 39.5 Å². The summed E-state index contributed by atoms with van der Waals surface area (Å²) in [6.45, 7) is 3.46. The highest BCUT2D eigenvalue weighted by atomic mass is 16.4. The van der Waals surface area contributed by atoms with Gasteiger partial charge < -0.3 is 5.11 Å². The van der Waals surface area contributed by atoms with E-state index in [-0.39, 0.29) is 11.7 Å². The fourth-order valence-corrected chi connectivity index (χ4v) is 1.97. The Morgan fingerprint density at radius 1 is 1.54 bits per heavy atom. The van der Waals surface area contributed by atoms with Crippen molar-refractivity contribution in [3.05, 3.63) is 0 Å². The predicted molar refractivity (Wildman–Crippen MR) is 48.4 cm³/mol. The second kappa shape index (κ2) is 3.48. The van der Waals surface area contributed by atoms with Crippen molar-refractivity contribution in [3.63, 3.8) is 0 Å². The summed E-state index contributed by atoms with van der Waals surface area (Å²) in [5.74, 6) is -1.01. The molecule has 0 aromatic rings. The molecule has 1 rings (SSSR count). The van der Waals surface area contributed by atoms with Crippen molar-refractivity contribution >= 4 is 11.8 Å². The zero-order chi connectivity index (χ0) is 10.1. The minimum Gasteiger partial charge on any atom is -0.480 e. The van der Waals surface area contributed by atoms with Gasteiger partial charge in [-0.25, -0.2) is 0 Å². The molecule has 3 nitrogen and oxygen atoms in total. The lowest BCUT2D eigenvalue weighted by Crippen LogP contribution is -2.25. The lowest BCUT2D eigenvalue weighted by atomic mass is 9.97. The fourth-order valence-electron chi connectivity index (χ4n) is 1.97. The third kappa shape index (κ3) is 1.60. The summed E-state index contributed by atoms with van der Waals surface area (Å²) >= 11 is 0. The predicted octanol–water partition coefficient (Wildman–Crippen LogP) is 1.86. The van der Waals surface area contributed by atoms with Crippen molar-refractivity contribution in [1.29, 1.82) is 0 Å². The molecule has 0 heterocycles. The molecule has 0 aromatic heterocycles. The lowest BCUT2D eigenvalue weighted by Gasteiger charge is -2.06. The Morgan fingerprint density at radius 2 is 2.15 bits per heavy atom. The van der Waals surface area contributed by atoms with Gasteiger partial charge >= 0.3 is 5.97 Å². The van der Waals surface area contributed by atoms with E-state index in [9.17, 15) is 9.59 Å². The molecule has 3 heteroatoms. The van der Waals surface area contributed by atoms with Gasteiger partial charge in [0.1, 0.15) is 11.2 Å². The maximum absolute atomic E-state index is 11.2. The molecule has 0 aliphatic heterocycles. The summed E-state index contributed by atoms with van der Waals surface area (Å²) in [6, 6.07) is 0. The van der Waals surface area contributed by atoms with E-state index in [1.54, 1.807) is 0 Å². The number of hydrogen-bond donors (Lipinski definition) is 1. The Balaban J connectivity index is 2.57. The number of carboxylic acids is 1. The number of carbonyl (C=O) groups excluding carboxylic acids is 1. The van der Waals surface area contributed by atoms with Crippen molar-refractivity contribution in [2.45, 2.75) is 39.5 Å². The zero-order valence-corrected chi connectivity index (χ0v) is 8.17. The summed E-state index contributed by atoms with van der Waals surface area (Å²) in [5, 5.41) is 8.92. The van der Waals surface area contributed by atoms with Crippen LogP contribution in [0.15, 0.2) is 0 Å². The third-order valence-corrected chi connectivity index (χ3v) is 3.02. The standard InChI is InChI=1S/C10H16O3/c1-3-4-5-8-6-10(8,7(2)11)9(12)13/h8H,3-6H2,1-2H3,(H,12,13). The third-order valence-electron chi connectivity index (χ3n) is 3.02. The number of carbonyl (C=O) groups is 2. The van der Waals surface area contributed by atoms with Crippen LogP contribution in [0.4, 0.5) is 0 Å². The topological polar surface area (TPSA) is 54.4 Å². The molecule has 74 valence electrons. The largest absolute Gasteiger partial charge is 0.480 e. The highest BCUT2D eigenvalue weighted by Crippen LogP contribution is 2.55. The second-order valence-corrected chi connectivity index (χ2v) is 3.88. The normalized spacial score (nSPS) is 31.4. The van der Waals surface area contributed by atoms with E-state index in [1.165, 1.54) is 6.92 Å². The molecule has 0 saturated heterocycles. The van der Waals surface area contributed by atoms with Gasteiger partial charge in [-0.15, -0.1) is 0 Å².